The van der Waals surface area contributed by atoms with Crippen molar-refractivity contribution in [3.05, 3.63) is 71.8 Å². The van der Waals surface area contributed by atoms with Gasteiger partial charge in [-0.3, -0.25) is 0 Å². The number of nitrogens with zero attached hydrogens (tertiary/aromatic N) is 1. The van der Waals surface area contributed by atoms with Gasteiger partial charge in [-0.25, -0.2) is 14.4 Å². The number of esters is 1. The van der Waals surface area contributed by atoms with Gasteiger partial charge in [-0.1, -0.05) is 60.7 Å². The van der Waals surface area contributed by atoms with Crippen LogP contribution in [-0.4, -0.2) is 49.3 Å². The van der Waals surface area contributed by atoms with Crippen LogP contribution in [0.5, 0.6) is 0 Å². The zero-order chi connectivity index (χ0) is 23.4. The lowest BCUT2D eigenvalue weighted by Crippen LogP contribution is -2.50. The molecule has 1 amide bonds. The molecule has 0 heterocycles. The minimum Gasteiger partial charge on any atom is -0.459 e. The molecule has 0 unspecified atom stereocenters. The number of rotatable bonds is 11. The van der Waals surface area contributed by atoms with Crippen LogP contribution in [0.25, 0.3) is 0 Å². The first kappa shape index (κ1) is 25.3. The van der Waals surface area contributed by atoms with Gasteiger partial charge in [-0.15, -0.1) is 0 Å². The molecule has 0 bridgehead atoms. The van der Waals surface area contributed by atoms with E-state index in [0.29, 0.717) is 0 Å². The van der Waals surface area contributed by atoms with Crippen molar-refractivity contribution in [2.75, 3.05) is 20.5 Å². The maximum atomic E-state index is 13.0. The van der Waals surface area contributed by atoms with Crippen LogP contribution in [0.2, 0.25) is 0 Å². The molecular formula is C24H31NO7. The third-order valence-corrected chi connectivity index (χ3v) is 4.05. The smallest absolute Gasteiger partial charge is 0.435 e. The molecule has 174 valence electrons. The van der Waals surface area contributed by atoms with Crippen LogP contribution in [0.1, 0.15) is 31.9 Å². The van der Waals surface area contributed by atoms with E-state index in [9.17, 15) is 9.59 Å². The zero-order valence-electron chi connectivity index (χ0n) is 19.0. The number of methoxy groups -OCH3 is 1. The van der Waals surface area contributed by atoms with Crippen molar-refractivity contribution in [3.63, 3.8) is 0 Å². The van der Waals surface area contributed by atoms with Crippen LogP contribution in [0.15, 0.2) is 60.7 Å². The monoisotopic (exact) mass is 445 g/mol. The van der Waals surface area contributed by atoms with Gasteiger partial charge in [0.15, 0.2) is 12.8 Å². The summed E-state index contributed by atoms with van der Waals surface area (Å²) in [5.74, 6) is -0.691. The minimum atomic E-state index is -1.20. The van der Waals surface area contributed by atoms with Crippen molar-refractivity contribution in [1.29, 1.82) is 0 Å². The van der Waals surface area contributed by atoms with Crippen LogP contribution in [0.4, 0.5) is 4.79 Å². The first-order valence-corrected chi connectivity index (χ1v) is 10.3. The molecular weight excluding hydrogens is 414 g/mol. The third kappa shape index (κ3) is 9.05. The second kappa shape index (κ2) is 12.8. The number of amides is 1. The first-order chi connectivity index (χ1) is 15.3. The third-order valence-electron chi connectivity index (χ3n) is 4.05. The molecule has 0 spiro atoms. The van der Waals surface area contributed by atoms with Gasteiger partial charge < -0.3 is 18.9 Å². The number of carbonyl (C=O) groups is 2. The highest BCUT2D eigenvalue weighted by Gasteiger charge is 2.36. The summed E-state index contributed by atoms with van der Waals surface area (Å²) in [6, 6.07) is 17.5. The Kier molecular flexibility index (Phi) is 10.1. The summed E-state index contributed by atoms with van der Waals surface area (Å²) < 4.78 is 21.5. The highest BCUT2D eigenvalue weighted by molar-refractivity contribution is 5.81. The fraction of sp³-hybridized carbons (Fsp3) is 0.417. The molecule has 0 aliphatic carbocycles. The van der Waals surface area contributed by atoms with Crippen LogP contribution in [0, 0.1) is 0 Å². The number of hydrogen-bond donors (Lipinski definition) is 0. The van der Waals surface area contributed by atoms with Crippen molar-refractivity contribution >= 4 is 12.1 Å². The second-order valence-electron chi connectivity index (χ2n) is 7.95. The molecule has 1 atom stereocenters. The van der Waals surface area contributed by atoms with Crippen molar-refractivity contribution in [2.24, 2.45) is 0 Å². The molecule has 32 heavy (non-hydrogen) atoms. The van der Waals surface area contributed by atoms with E-state index in [1.165, 1.54) is 7.11 Å². The normalized spacial score (nSPS) is 12.1. The average Bonchev–Trinajstić information content (AvgIpc) is 2.76. The van der Waals surface area contributed by atoms with E-state index in [4.69, 9.17) is 23.8 Å². The Hall–Kier alpha value is -2.94. The average molecular weight is 446 g/mol. The highest BCUT2D eigenvalue weighted by Crippen LogP contribution is 2.15. The highest BCUT2D eigenvalue weighted by atomic mass is 16.8. The number of ether oxygens (including phenoxy) is 4. The summed E-state index contributed by atoms with van der Waals surface area (Å²) in [6.45, 7) is 5.01. The number of hydroxylamine groups is 2. The minimum absolute atomic E-state index is 0.0430. The predicted molar refractivity (Wildman–Crippen MR) is 117 cm³/mol. The lowest BCUT2D eigenvalue weighted by atomic mass is 10.2. The van der Waals surface area contributed by atoms with Crippen LogP contribution in [0.3, 0.4) is 0 Å². The van der Waals surface area contributed by atoms with E-state index in [0.717, 1.165) is 16.2 Å². The molecule has 2 rings (SSSR count). The van der Waals surface area contributed by atoms with Gasteiger partial charge in [0.25, 0.3) is 0 Å². The lowest BCUT2D eigenvalue weighted by molar-refractivity contribution is -0.232. The van der Waals surface area contributed by atoms with Gasteiger partial charge >= 0.3 is 12.1 Å². The molecule has 0 aliphatic rings. The maximum Gasteiger partial charge on any atom is 0.435 e. The molecule has 0 aliphatic heterocycles. The summed E-state index contributed by atoms with van der Waals surface area (Å²) >= 11 is 0. The van der Waals surface area contributed by atoms with E-state index in [-0.39, 0.29) is 26.6 Å². The molecule has 0 aromatic heterocycles. The van der Waals surface area contributed by atoms with Crippen molar-refractivity contribution < 1.29 is 33.4 Å². The van der Waals surface area contributed by atoms with E-state index in [1.54, 1.807) is 20.8 Å². The Balaban J connectivity index is 2.15. The second-order valence-corrected chi connectivity index (χ2v) is 7.95. The van der Waals surface area contributed by atoms with Gasteiger partial charge in [-0.2, -0.15) is 5.06 Å². The van der Waals surface area contributed by atoms with Gasteiger partial charge in [0.1, 0.15) is 12.2 Å². The summed E-state index contributed by atoms with van der Waals surface area (Å²) in [5, 5.41) is 0.813. The topological polar surface area (TPSA) is 83.5 Å². The Morgan fingerprint density at radius 3 is 2.00 bits per heavy atom. The Morgan fingerprint density at radius 1 is 0.906 bits per heavy atom. The molecule has 0 N–H and O–H groups in total. The molecule has 8 heteroatoms. The van der Waals surface area contributed by atoms with Gasteiger partial charge in [0, 0.05) is 7.11 Å². The van der Waals surface area contributed by atoms with Crippen molar-refractivity contribution in [1.82, 2.24) is 5.06 Å². The predicted octanol–water partition coefficient (Wildman–Crippen LogP) is 4.09. The molecule has 8 nitrogen and oxygen atoms in total. The van der Waals surface area contributed by atoms with E-state index >= 15 is 0 Å². The van der Waals surface area contributed by atoms with Crippen LogP contribution >= 0.6 is 0 Å². The molecule has 0 saturated heterocycles. The standard InChI is InChI=1S/C24H31NO7/c1-24(2,3)32-23(27)25(31-18-28-4)21(17-29-15-19-11-7-5-8-12-19)22(26)30-16-20-13-9-6-10-14-20/h5-14,21H,15-18H2,1-4H3/t21-/m1/s1. The van der Waals surface area contributed by atoms with Crippen molar-refractivity contribution in [2.45, 2.75) is 45.6 Å². The van der Waals surface area contributed by atoms with E-state index in [2.05, 4.69) is 0 Å². The Morgan fingerprint density at radius 2 is 1.47 bits per heavy atom. The molecule has 2 aromatic carbocycles. The Labute approximate surface area is 188 Å². The molecule has 0 radical (unpaired) electrons. The van der Waals surface area contributed by atoms with Crippen LogP contribution < -0.4 is 0 Å². The summed E-state index contributed by atoms with van der Waals surface area (Å²) in [4.78, 5) is 31.1. The van der Waals surface area contributed by atoms with Crippen molar-refractivity contribution in [3.8, 4) is 0 Å². The molecule has 0 fully saturated rings. The fourth-order valence-electron chi connectivity index (χ4n) is 2.61. The number of carbonyl (C=O) groups excluding carboxylic acids is 2. The lowest BCUT2D eigenvalue weighted by Gasteiger charge is -2.30. The van der Waals surface area contributed by atoms with Crippen LogP contribution in [-0.2, 0) is 41.8 Å². The molecule has 2 aromatic rings. The number of benzene rings is 2. The van der Waals surface area contributed by atoms with E-state index in [1.807, 2.05) is 60.7 Å². The zero-order valence-corrected chi connectivity index (χ0v) is 19.0. The SMILES string of the molecule is COCON(C(=O)OC(C)(C)C)[C@H](COCc1ccccc1)C(=O)OCc1ccccc1. The quantitative estimate of drug-likeness (QED) is 0.293. The summed E-state index contributed by atoms with van der Waals surface area (Å²) in [5.41, 5.74) is 0.937. The molecule has 0 saturated carbocycles. The maximum absolute atomic E-state index is 13.0. The summed E-state index contributed by atoms with van der Waals surface area (Å²) in [6.07, 6.45) is -0.848. The van der Waals surface area contributed by atoms with Gasteiger partial charge in [-0.05, 0) is 31.9 Å². The number of hydrogen-bond acceptors (Lipinski definition) is 7. The summed E-state index contributed by atoms with van der Waals surface area (Å²) in [7, 11) is 1.40. The fourth-order valence-corrected chi connectivity index (χ4v) is 2.61. The van der Waals surface area contributed by atoms with E-state index < -0.39 is 23.7 Å². The van der Waals surface area contributed by atoms with Gasteiger partial charge in [0.2, 0.25) is 0 Å². The largest absolute Gasteiger partial charge is 0.459 e. The first-order valence-electron chi connectivity index (χ1n) is 10.3. The van der Waals surface area contributed by atoms with Gasteiger partial charge in [0.05, 0.1) is 13.2 Å². The Bertz CT molecular complexity index is 821.